The molecule has 116 valence electrons. The average molecular weight is 298 g/mol. The molecule has 0 spiro atoms. The monoisotopic (exact) mass is 298 g/mol. The highest BCUT2D eigenvalue weighted by atomic mass is 16.5. The fraction of sp³-hybridized carbons (Fsp3) is 0.294. The summed E-state index contributed by atoms with van der Waals surface area (Å²) in [7, 11) is 1.76. The molecule has 5 nitrogen and oxygen atoms in total. The highest BCUT2D eigenvalue weighted by molar-refractivity contribution is 5.79. The summed E-state index contributed by atoms with van der Waals surface area (Å²) in [5.74, 6) is 1.67. The smallest absolute Gasteiger partial charge is 0.191 e. The van der Waals surface area contributed by atoms with Gasteiger partial charge in [-0.2, -0.15) is 0 Å². The van der Waals surface area contributed by atoms with Crippen LogP contribution in [-0.4, -0.2) is 31.1 Å². The lowest BCUT2D eigenvalue weighted by atomic mass is 10.3. The molecule has 1 aromatic heterocycles. The molecule has 0 aliphatic rings. The minimum atomic E-state index is 0.654. The SMILES string of the molecule is CN=C(NCCCOc1ccccc1)NCc1ccccn1. The van der Waals surface area contributed by atoms with E-state index in [-0.39, 0.29) is 0 Å². The van der Waals surface area contributed by atoms with Crippen molar-refractivity contribution >= 4 is 5.96 Å². The molecule has 0 fully saturated rings. The normalized spacial score (nSPS) is 11.0. The van der Waals surface area contributed by atoms with Crippen LogP contribution in [0.1, 0.15) is 12.1 Å². The van der Waals surface area contributed by atoms with Crippen LogP contribution in [0, 0.1) is 0 Å². The Morgan fingerprint density at radius 3 is 2.64 bits per heavy atom. The van der Waals surface area contributed by atoms with E-state index in [1.807, 2.05) is 48.5 Å². The molecule has 0 aliphatic heterocycles. The lowest BCUT2D eigenvalue weighted by Crippen LogP contribution is -2.37. The number of nitrogens with zero attached hydrogens (tertiary/aromatic N) is 2. The second-order valence-electron chi connectivity index (χ2n) is 4.69. The molecule has 0 bridgehead atoms. The molecule has 2 aromatic rings. The molecule has 0 saturated heterocycles. The Kier molecular flexibility index (Phi) is 6.75. The van der Waals surface area contributed by atoms with E-state index in [2.05, 4.69) is 20.6 Å². The van der Waals surface area contributed by atoms with Crippen LogP contribution in [0.3, 0.4) is 0 Å². The van der Waals surface area contributed by atoms with E-state index in [9.17, 15) is 0 Å². The Morgan fingerprint density at radius 1 is 1.09 bits per heavy atom. The molecule has 1 aromatic carbocycles. The number of aliphatic imine (C=N–C) groups is 1. The van der Waals surface area contributed by atoms with Crippen molar-refractivity contribution < 1.29 is 4.74 Å². The first-order valence-electron chi connectivity index (χ1n) is 7.41. The van der Waals surface area contributed by atoms with Gasteiger partial charge in [0, 0.05) is 19.8 Å². The van der Waals surface area contributed by atoms with Crippen molar-refractivity contribution in [1.29, 1.82) is 0 Å². The van der Waals surface area contributed by atoms with Crippen LogP contribution in [-0.2, 0) is 6.54 Å². The molecule has 2 rings (SSSR count). The van der Waals surface area contributed by atoms with Gasteiger partial charge in [0.05, 0.1) is 18.8 Å². The van der Waals surface area contributed by atoms with Crippen molar-refractivity contribution in [3.8, 4) is 5.75 Å². The lowest BCUT2D eigenvalue weighted by Gasteiger charge is -2.12. The number of hydrogen-bond donors (Lipinski definition) is 2. The Labute approximate surface area is 131 Å². The number of para-hydroxylation sites is 1. The second-order valence-corrected chi connectivity index (χ2v) is 4.69. The first kappa shape index (κ1) is 15.8. The van der Waals surface area contributed by atoms with Gasteiger partial charge < -0.3 is 15.4 Å². The molecule has 22 heavy (non-hydrogen) atoms. The minimum Gasteiger partial charge on any atom is -0.494 e. The Bertz CT molecular complexity index is 557. The van der Waals surface area contributed by atoms with Gasteiger partial charge >= 0.3 is 0 Å². The van der Waals surface area contributed by atoms with Gasteiger partial charge in [-0.3, -0.25) is 9.98 Å². The fourth-order valence-electron chi connectivity index (χ4n) is 1.88. The maximum Gasteiger partial charge on any atom is 0.191 e. The van der Waals surface area contributed by atoms with Gasteiger partial charge in [-0.15, -0.1) is 0 Å². The van der Waals surface area contributed by atoms with Crippen LogP contribution in [0.4, 0.5) is 0 Å². The van der Waals surface area contributed by atoms with Crippen molar-refractivity contribution in [1.82, 2.24) is 15.6 Å². The summed E-state index contributed by atoms with van der Waals surface area (Å²) in [6.07, 6.45) is 2.69. The second kappa shape index (κ2) is 9.39. The van der Waals surface area contributed by atoms with E-state index in [1.54, 1.807) is 13.2 Å². The number of pyridine rings is 1. The number of hydrogen-bond acceptors (Lipinski definition) is 3. The number of aromatic nitrogens is 1. The third kappa shape index (κ3) is 5.83. The first-order valence-corrected chi connectivity index (χ1v) is 7.41. The van der Waals surface area contributed by atoms with Crippen LogP contribution in [0.15, 0.2) is 59.7 Å². The third-order valence-corrected chi connectivity index (χ3v) is 3.01. The Balaban J connectivity index is 1.60. The van der Waals surface area contributed by atoms with Crippen molar-refractivity contribution in [2.75, 3.05) is 20.2 Å². The van der Waals surface area contributed by atoms with Gasteiger partial charge in [-0.05, 0) is 30.7 Å². The molecule has 0 aliphatic carbocycles. The van der Waals surface area contributed by atoms with Crippen molar-refractivity contribution in [3.05, 3.63) is 60.4 Å². The van der Waals surface area contributed by atoms with E-state index in [0.29, 0.717) is 13.2 Å². The zero-order valence-corrected chi connectivity index (χ0v) is 12.8. The summed E-state index contributed by atoms with van der Waals surface area (Å²) in [6.45, 7) is 2.13. The lowest BCUT2D eigenvalue weighted by molar-refractivity contribution is 0.311. The van der Waals surface area contributed by atoms with E-state index in [4.69, 9.17) is 4.74 Å². The van der Waals surface area contributed by atoms with Gasteiger partial charge in [0.25, 0.3) is 0 Å². The number of ether oxygens (including phenoxy) is 1. The Morgan fingerprint density at radius 2 is 1.91 bits per heavy atom. The summed E-state index contributed by atoms with van der Waals surface area (Å²) in [5.41, 5.74) is 0.984. The minimum absolute atomic E-state index is 0.654. The summed E-state index contributed by atoms with van der Waals surface area (Å²) < 4.78 is 5.64. The molecule has 2 N–H and O–H groups in total. The number of rotatable bonds is 7. The molecular formula is C17H22N4O. The summed E-state index contributed by atoms with van der Waals surface area (Å²) in [4.78, 5) is 8.45. The molecule has 0 saturated carbocycles. The van der Waals surface area contributed by atoms with E-state index < -0.39 is 0 Å². The topological polar surface area (TPSA) is 58.5 Å². The van der Waals surface area contributed by atoms with Crippen LogP contribution in [0.5, 0.6) is 5.75 Å². The van der Waals surface area contributed by atoms with E-state index in [0.717, 1.165) is 30.4 Å². The van der Waals surface area contributed by atoms with Gasteiger partial charge in [0.15, 0.2) is 5.96 Å². The highest BCUT2D eigenvalue weighted by Gasteiger charge is 1.98. The first-order chi connectivity index (χ1) is 10.9. The quantitative estimate of drug-likeness (QED) is 0.467. The van der Waals surface area contributed by atoms with Crippen molar-refractivity contribution in [2.45, 2.75) is 13.0 Å². The maximum atomic E-state index is 5.64. The van der Waals surface area contributed by atoms with E-state index >= 15 is 0 Å². The number of benzene rings is 1. The molecular weight excluding hydrogens is 276 g/mol. The highest BCUT2D eigenvalue weighted by Crippen LogP contribution is 2.07. The summed E-state index contributed by atoms with van der Waals surface area (Å²) in [5, 5.41) is 6.49. The predicted octanol–water partition coefficient (Wildman–Crippen LogP) is 2.22. The predicted molar refractivity (Wildman–Crippen MR) is 89.0 cm³/mol. The maximum absolute atomic E-state index is 5.64. The van der Waals surface area contributed by atoms with Gasteiger partial charge in [-0.25, -0.2) is 0 Å². The largest absolute Gasteiger partial charge is 0.494 e. The fourth-order valence-corrected chi connectivity index (χ4v) is 1.88. The number of guanidine groups is 1. The molecule has 0 amide bonds. The standard InChI is InChI=1S/C17H22N4O/c1-18-17(21-14-15-8-5-6-11-19-15)20-12-7-13-22-16-9-3-2-4-10-16/h2-6,8-11H,7,12-14H2,1H3,(H2,18,20,21). The molecule has 5 heteroatoms. The number of nitrogens with one attached hydrogen (secondary N) is 2. The third-order valence-electron chi connectivity index (χ3n) is 3.01. The van der Waals surface area contributed by atoms with Gasteiger partial charge in [0.2, 0.25) is 0 Å². The summed E-state index contributed by atoms with van der Waals surface area (Å²) in [6, 6.07) is 15.7. The van der Waals surface area contributed by atoms with Gasteiger partial charge in [-0.1, -0.05) is 24.3 Å². The van der Waals surface area contributed by atoms with Gasteiger partial charge in [0.1, 0.15) is 5.75 Å². The van der Waals surface area contributed by atoms with Crippen molar-refractivity contribution in [2.24, 2.45) is 4.99 Å². The molecule has 1 heterocycles. The van der Waals surface area contributed by atoms with Crippen LogP contribution in [0.25, 0.3) is 0 Å². The zero-order valence-electron chi connectivity index (χ0n) is 12.8. The van der Waals surface area contributed by atoms with Crippen LogP contribution >= 0.6 is 0 Å². The van der Waals surface area contributed by atoms with Crippen molar-refractivity contribution in [3.63, 3.8) is 0 Å². The van der Waals surface area contributed by atoms with E-state index in [1.165, 1.54) is 0 Å². The summed E-state index contributed by atoms with van der Waals surface area (Å²) >= 11 is 0. The zero-order chi connectivity index (χ0) is 15.5. The average Bonchev–Trinajstić information content (AvgIpc) is 2.59. The van der Waals surface area contributed by atoms with Crippen LogP contribution < -0.4 is 15.4 Å². The molecule has 0 unspecified atom stereocenters. The Hall–Kier alpha value is -2.56. The molecule has 0 atom stereocenters. The van der Waals surface area contributed by atoms with Crippen LogP contribution in [0.2, 0.25) is 0 Å². The molecule has 0 radical (unpaired) electrons.